The zero-order valence-corrected chi connectivity index (χ0v) is 19.6. The van der Waals surface area contributed by atoms with Gasteiger partial charge in [0.15, 0.2) is 0 Å². The third-order valence-electron chi connectivity index (χ3n) is 6.74. The van der Waals surface area contributed by atoms with E-state index in [-0.39, 0.29) is 5.91 Å². The number of nitrogens with one attached hydrogen (secondary N) is 1. The first-order valence-electron chi connectivity index (χ1n) is 12.0. The summed E-state index contributed by atoms with van der Waals surface area (Å²) in [6.07, 6.45) is 8.63. The first-order valence-corrected chi connectivity index (χ1v) is 12.0. The second-order valence-corrected chi connectivity index (χ2v) is 9.20. The molecule has 34 heavy (non-hydrogen) atoms. The van der Waals surface area contributed by atoms with E-state index in [9.17, 15) is 4.79 Å². The minimum absolute atomic E-state index is 0.119. The highest BCUT2D eigenvalue weighted by atomic mass is 16.2. The minimum Gasteiger partial charge on any atom is -0.381 e. The van der Waals surface area contributed by atoms with E-state index in [4.69, 9.17) is 0 Å². The lowest BCUT2D eigenvalue weighted by atomic mass is 9.89. The van der Waals surface area contributed by atoms with Gasteiger partial charge in [-0.3, -0.25) is 14.8 Å². The monoisotopic (exact) mass is 450 g/mol. The van der Waals surface area contributed by atoms with Crippen LogP contribution in [0, 0.1) is 12.8 Å². The van der Waals surface area contributed by atoms with Gasteiger partial charge in [0.05, 0.1) is 5.52 Å². The molecule has 1 amide bonds. The fourth-order valence-corrected chi connectivity index (χ4v) is 4.90. The number of amides is 1. The van der Waals surface area contributed by atoms with Gasteiger partial charge < -0.3 is 10.2 Å². The van der Waals surface area contributed by atoms with E-state index in [1.54, 1.807) is 6.20 Å². The average molecular weight is 451 g/mol. The molecule has 1 saturated heterocycles. The molecule has 2 aromatic heterocycles. The number of hydrogen-bond acceptors (Lipinski definition) is 4. The summed E-state index contributed by atoms with van der Waals surface area (Å²) in [5.74, 6) is 0.575. The van der Waals surface area contributed by atoms with Crippen molar-refractivity contribution in [2.75, 3.05) is 18.4 Å². The quantitative estimate of drug-likeness (QED) is 0.413. The van der Waals surface area contributed by atoms with Crippen molar-refractivity contribution < 1.29 is 4.79 Å². The number of fused-ring (bicyclic) bond motifs is 1. The first kappa shape index (κ1) is 22.1. The second kappa shape index (κ2) is 10.0. The van der Waals surface area contributed by atoms with Gasteiger partial charge in [0.25, 0.3) is 5.91 Å². The lowest BCUT2D eigenvalue weighted by Gasteiger charge is -2.33. The highest BCUT2D eigenvalue weighted by molar-refractivity contribution is 5.95. The van der Waals surface area contributed by atoms with Crippen molar-refractivity contribution in [1.29, 1.82) is 0 Å². The molecule has 1 N–H and O–H groups in total. The summed E-state index contributed by atoms with van der Waals surface area (Å²) in [4.78, 5) is 24.1. The molecule has 2 aromatic carbocycles. The normalized spacial score (nSPS) is 15.9. The fourth-order valence-electron chi connectivity index (χ4n) is 4.90. The topological polar surface area (TPSA) is 58.1 Å². The Labute approximate surface area is 200 Å². The molecule has 3 heterocycles. The van der Waals surface area contributed by atoms with Crippen LogP contribution in [0.2, 0.25) is 0 Å². The van der Waals surface area contributed by atoms with E-state index in [2.05, 4.69) is 46.5 Å². The summed E-state index contributed by atoms with van der Waals surface area (Å²) in [5.41, 5.74) is 6.33. The summed E-state index contributed by atoms with van der Waals surface area (Å²) in [6.45, 7) is 4.36. The number of aromatic nitrogens is 2. The van der Waals surface area contributed by atoms with Crippen molar-refractivity contribution >= 4 is 22.5 Å². The molecule has 0 spiro atoms. The Morgan fingerprint density at radius 3 is 2.88 bits per heavy atom. The summed E-state index contributed by atoms with van der Waals surface area (Å²) >= 11 is 0. The van der Waals surface area contributed by atoms with E-state index in [1.807, 2.05) is 53.7 Å². The van der Waals surface area contributed by atoms with Crippen molar-refractivity contribution in [3.8, 4) is 0 Å². The van der Waals surface area contributed by atoms with Gasteiger partial charge in [-0.25, -0.2) is 0 Å². The van der Waals surface area contributed by atoms with Gasteiger partial charge in [0.1, 0.15) is 0 Å². The van der Waals surface area contributed by atoms with Crippen molar-refractivity contribution in [1.82, 2.24) is 14.9 Å². The Balaban J connectivity index is 1.28. The van der Waals surface area contributed by atoms with E-state index in [0.29, 0.717) is 12.5 Å². The van der Waals surface area contributed by atoms with Crippen LogP contribution >= 0.6 is 0 Å². The molecule has 5 rings (SSSR count). The SMILES string of the molecule is Cc1ccc(C(=O)N2CCC[C@H](Cc3cccc4ncccc34)C2)cc1NCc1cccnc1. The number of piperidine rings is 1. The Bertz CT molecular complexity index is 1280. The molecule has 0 aliphatic carbocycles. The highest BCUT2D eigenvalue weighted by Crippen LogP contribution is 2.27. The first-order chi connectivity index (χ1) is 16.7. The number of aryl methyl sites for hydroxylation is 1. The largest absolute Gasteiger partial charge is 0.381 e. The third kappa shape index (κ3) is 4.93. The zero-order chi connectivity index (χ0) is 23.3. The average Bonchev–Trinajstić information content (AvgIpc) is 2.89. The van der Waals surface area contributed by atoms with Gasteiger partial charge in [-0.15, -0.1) is 0 Å². The number of rotatable bonds is 6. The molecule has 0 unspecified atom stereocenters. The number of carbonyl (C=O) groups excluding carboxylic acids is 1. The Morgan fingerprint density at radius 2 is 2.00 bits per heavy atom. The number of nitrogens with zero attached hydrogens (tertiary/aromatic N) is 3. The van der Waals surface area contributed by atoms with Crippen LogP contribution in [0.25, 0.3) is 10.9 Å². The van der Waals surface area contributed by atoms with E-state index in [1.165, 1.54) is 10.9 Å². The zero-order valence-electron chi connectivity index (χ0n) is 19.6. The fraction of sp³-hybridized carbons (Fsp3) is 0.276. The summed E-state index contributed by atoms with van der Waals surface area (Å²) in [6, 6.07) is 20.5. The molecule has 1 aliphatic heterocycles. The number of anilines is 1. The van der Waals surface area contributed by atoms with E-state index >= 15 is 0 Å². The molecule has 4 aromatic rings. The molecule has 172 valence electrons. The number of pyridine rings is 2. The number of hydrogen-bond donors (Lipinski definition) is 1. The summed E-state index contributed by atoms with van der Waals surface area (Å²) in [7, 11) is 0. The summed E-state index contributed by atoms with van der Waals surface area (Å²) < 4.78 is 0. The maximum atomic E-state index is 13.4. The predicted octanol–water partition coefficient (Wildman–Crippen LogP) is 5.65. The maximum absolute atomic E-state index is 13.4. The maximum Gasteiger partial charge on any atom is 0.253 e. The third-order valence-corrected chi connectivity index (χ3v) is 6.74. The van der Waals surface area contributed by atoms with E-state index in [0.717, 1.165) is 60.2 Å². The lowest BCUT2D eigenvalue weighted by Crippen LogP contribution is -2.40. The van der Waals surface area contributed by atoms with Gasteiger partial charge >= 0.3 is 0 Å². The van der Waals surface area contributed by atoms with Gasteiger partial charge in [-0.1, -0.05) is 30.3 Å². The molecular weight excluding hydrogens is 420 g/mol. The lowest BCUT2D eigenvalue weighted by molar-refractivity contribution is 0.0673. The van der Waals surface area contributed by atoms with Gasteiger partial charge in [-0.05, 0) is 79.1 Å². The van der Waals surface area contributed by atoms with Crippen LogP contribution in [-0.2, 0) is 13.0 Å². The smallest absolute Gasteiger partial charge is 0.253 e. The molecule has 0 bridgehead atoms. The van der Waals surface area contributed by atoms with Crippen LogP contribution in [-0.4, -0.2) is 33.9 Å². The highest BCUT2D eigenvalue weighted by Gasteiger charge is 2.25. The van der Waals surface area contributed by atoms with Crippen LogP contribution in [0.15, 0.2) is 79.3 Å². The van der Waals surface area contributed by atoms with Crippen molar-refractivity contribution in [3.05, 3.63) is 102 Å². The van der Waals surface area contributed by atoms with Crippen LogP contribution in [0.1, 0.15) is 39.9 Å². The van der Waals surface area contributed by atoms with Crippen LogP contribution in [0.4, 0.5) is 5.69 Å². The van der Waals surface area contributed by atoms with Crippen molar-refractivity contribution in [2.24, 2.45) is 5.92 Å². The number of benzene rings is 2. The van der Waals surface area contributed by atoms with Gasteiger partial charge in [-0.2, -0.15) is 0 Å². The van der Waals surface area contributed by atoms with Gasteiger partial charge in [0.2, 0.25) is 0 Å². The van der Waals surface area contributed by atoms with E-state index < -0.39 is 0 Å². The molecular formula is C29H30N4O. The van der Waals surface area contributed by atoms with Crippen LogP contribution in [0.5, 0.6) is 0 Å². The standard InChI is InChI=1S/C29H30N4O/c1-21-11-12-25(17-28(21)32-19-23-6-3-13-30-18-23)29(34)33-15-5-7-22(20-33)16-24-8-2-10-27-26(24)9-4-14-31-27/h2-4,6,8-14,17-18,22,32H,5,7,15-16,19-20H2,1H3/t22-/m1/s1. The minimum atomic E-state index is 0.119. The molecule has 5 nitrogen and oxygen atoms in total. The van der Waals surface area contributed by atoms with Crippen molar-refractivity contribution in [3.63, 3.8) is 0 Å². The summed E-state index contributed by atoms with van der Waals surface area (Å²) in [5, 5.41) is 4.69. The Morgan fingerprint density at radius 1 is 1.09 bits per heavy atom. The predicted molar refractivity (Wildman–Crippen MR) is 137 cm³/mol. The van der Waals surface area contributed by atoms with Crippen molar-refractivity contribution in [2.45, 2.75) is 32.7 Å². The van der Waals surface area contributed by atoms with Crippen LogP contribution < -0.4 is 5.32 Å². The second-order valence-electron chi connectivity index (χ2n) is 9.20. The molecule has 1 aliphatic rings. The molecule has 0 radical (unpaired) electrons. The molecule has 0 saturated carbocycles. The van der Waals surface area contributed by atoms with Gasteiger partial charge in [0, 0.05) is 54.9 Å². The number of carbonyl (C=O) groups is 1. The Hall–Kier alpha value is -3.73. The van der Waals surface area contributed by atoms with Crippen LogP contribution in [0.3, 0.4) is 0 Å². The molecule has 1 atom stereocenters. The Kier molecular flexibility index (Phi) is 6.52. The number of likely N-dealkylation sites (tertiary alicyclic amines) is 1. The molecule has 1 fully saturated rings. The molecule has 5 heteroatoms.